The molecule has 0 atom stereocenters. The molecular weight excluding hydrogens is 376 g/mol. The molecule has 2 aromatic rings. The molecule has 0 unspecified atom stereocenters. The maximum atomic E-state index is 12.6. The smallest absolute Gasteiger partial charge is 0.228 e. The minimum Gasteiger partial charge on any atom is -0.364 e. The molecule has 1 amide bonds. The van der Waals surface area contributed by atoms with Crippen LogP contribution in [-0.4, -0.2) is 18.0 Å². The molecule has 4 rings (SSSR count). The van der Waals surface area contributed by atoms with Crippen molar-refractivity contribution in [2.24, 2.45) is 0 Å². The van der Waals surface area contributed by atoms with Gasteiger partial charge in [0, 0.05) is 16.6 Å². The van der Waals surface area contributed by atoms with Gasteiger partial charge >= 0.3 is 0 Å². The van der Waals surface area contributed by atoms with Crippen molar-refractivity contribution in [1.29, 1.82) is 0 Å². The molecule has 0 spiro atoms. The number of anilines is 2. The number of halogens is 1. The molecule has 0 heterocycles. The molecule has 1 N–H and O–H groups in total. The van der Waals surface area contributed by atoms with Crippen LogP contribution in [0.15, 0.2) is 46.9 Å². The SMILES string of the molecule is Cc1ccc(CC(=O)Nc2cc(Br)ccc2N(C2CC2)C2CC2)cc1. The first-order chi connectivity index (χ1) is 12.1. The van der Waals surface area contributed by atoms with Gasteiger partial charge in [0.2, 0.25) is 5.91 Å². The predicted octanol–water partition coefficient (Wildman–Crippen LogP) is 5.07. The summed E-state index contributed by atoms with van der Waals surface area (Å²) in [6.45, 7) is 2.06. The first-order valence-corrected chi connectivity index (χ1v) is 9.83. The van der Waals surface area contributed by atoms with Crippen molar-refractivity contribution < 1.29 is 4.79 Å². The normalized spacial score (nSPS) is 16.6. The van der Waals surface area contributed by atoms with E-state index in [9.17, 15) is 4.79 Å². The van der Waals surface area contributed by atoms with Gasteiger partial charge in [-0.05, 0) is 56.4 Å². The highest BCUT2D eigenvalue weighted by Crippen LogP contribution is 2.44. The molecule has 0 saturated heterocycles. The van der Waals surface area contributed by atoms with Crippen molar-refractivity contribution >= 4 is 33.2 Å². The molecule has 2 saturated carbocycles. The number of nitrogens with zero attached hydrogens (tertiary/aromatic N) is 1. The number of carbonyl (C=O) groups excluding carboxylic acids is 1. The summed E-state index contributed by atoms with van der Waals surface area (Å²) in [6.07, 6.45) is 5.47. The van der Waals surface area contributed by atoms with E-state index in [1.54, 1.807) is 0 Å². The van der Waals surface area contributed by atoms with E-state index in [1.807, 2.05) is 18.2 Å². The van der Waals surface area contributed by atoms with Gasteiger partial charge in [-0.2, -0.15) is 0 Å². The van der Waals surface area contributed by atoms with E-state index >= 15 is 0 Å². The highest BCUT2D eigenvalue weighted by Gasteiger charge is 2.40. The van der Waals surface area contributed by atoms with Gasteiger partial charge in [0.1, 0.15) is 0 Å². The summed E-state index contributed by atoms with van der Waals surface area (Å²) in [4.78, 5) is 15.1. The van der Waals surface area contributed by atoms with Crippen LogP contribution in [0.2, 0.25) is 0 Å². The molecule has 0 aromatic heterocycles. The van der Waals surface area contributed by atoms with Gasteiger partial charge in [-0.1, -0.05) is 45.8 Å². The third kappa shape index (κ3) is 4.06. The fraction of sp³-hybridized carbons (Fsp3) is 0.381. The molecule has 25 heavy (non-hydrogen) atoms. The second kappa shape index (κ2) is 6.83. The fourth-order valence-electron chi connectivity index (χ4n) is 3.32. The lowest BCUT2D eigenvalue weighted by atomic mass is 10.1. The topological polar surface area (TPSA) is 32.3 Å². The van der Waals surface area contributed by atoms with Gasteiger partial charge in [-0.25, -0.2) is 0 Å². The van der Waals surface area contributed by atoms with Crippen LogP contribution in [0.3, 0.4) is 0 Å². The molecule has 0 bridgehead atoms. The Balaban J connectivity index is 1.53. The molecule has 2 fully saturated rings. The average Bonchev–Trinajstić information content (AvgIpc) is 3.46. The Bertz CT molecular complexity index is 767. The Morgan fingerprint density at radius 3 is 2.32 bits per heavy atom. The highest BCUT2D eigenvalue weighted by atomic mass is 79.9. The Morgan fingerprint density at radius 1 is 1.08 bits per heavy atom. The fourth-order valence-corrected chi connectivity index (χ4v) is 3.68. The van der Waals surface area contributed by atoms with E-state index in [2.05, 4.69) is 57.3 Å². The summed E-state index contributed by atoms with van der Waals surface area (Å²) in [5.41, 5.74) is 4.35. The van der Waals surface area contributed by atoms with E-state index in [4.69, 9.17) is 0 Å². The lowest BCUT2D eigenvalue weighted by molar-refractivity contribution is -0.115. The number of carbonyl (C=O) groups is 1. The first kappa shape index (κ1) is 16.6. The van der Waals surface area contributed by atoms with Crippen molar-refractivity contribution in [3.05, 3.63) is 58.1 Å². The third-order valence-corrected chi connectivity index (χ3v) is 5.37. The number of rotatable bonds is 6. The van der Waals surface area contributed by atoms with Crippen LogP contribution in [0.4, 0.5) is 11.4 Å². The lowest BCUT2D eigenvalue weighted by Gasteiger charge is -2.27. The van der Waals surface area contributed by atoms with Gasteiger partial charge in [0.15, 0.2) is 0 Å². The average molecular weight is 399 g/mol. The highest BCUT2D eigenvalue weighted by molar-refractivity contribution is 9.10. The summed E-state index contributed by atoms with van der Waals surface area (Å²) < 4.78 is 0.994. The number of hydrogen-bond acceptors (Lipinski definition) is 2. The summed E-state index contributed by atoms with van der Waals surface area (Å²) in [6, 6.07) is 15.7. The van der Waals surface area contributed by atoms with E-state index in [-0.39, 0.29) is 5.91 Å². The number of amides is 1. The Morgan fingerprint density at radius 2 is 1.72 bits per heavy atom. The second-order valence-corrected chi connectivity index (χ2v) is 8.16. The summed E-state index contributed by atoms with van der Waals surface area (Å²) in [7, 11) is 0. The zero-order valence-corrected chi connectivity index (χ0v) is 16.1. The van der Waals surface area contributed by atoms with Crippen molar-refractivity contribution in [3.8, 4) is 0 Å². The molecule has 3 nitrogen and oxygen atoms in total. The second-order valence-electron chi connectivity index (χ2n) is 7.24. The number of benzene rings is 2. The van der Waals surface area contributed by atoms with Crippen molar-refractivity contribution in [1.82, 2.24) is 0 Å². The van der Waals surface area contributed by atoms with Crippen LogP contribution in [-0.2, 0) is 11.2 Å². The van der Waals surface area contributed by atoms with Crippen LogP contribution in [0.25, 0.3) is 0 Å². The van der Waals surface area contributed by atoms with Gasteiger partial charge in [0.05, 0.1) is 17.8 Å². The maximum Gasteiger partial charge on any atom is 0.228 e. The number of hydrogen-bond donors (Lipinski definition) is 1. The number of aryl methyl sites for hydroxylation is 1. The van der Waals surface area contributed by atoms with E-state index in [0.717, 1.165) is 15.7 Å². The van der Waals surface area contributed by atoms with Crippen LogP contribution < -0.4 is 10.2 Å². The van der Waals surface area contributed by atoms with E-state index in [0.29, 0.717) is 18.5 Å². The monoisotopic (exact) mass is 398 g/mol. The predicted molar refractivity (Wildman–Crippen MR) is 106 cm³/mol. The molecule has 0 radical (unpaired) electrons. The Labute approximate surface area is 157 Å². The zero-order chi connectivity index (χ0) is 17.4. The van der Waals surface area contributed by atoms with E-state index in [1.165, 1.54) is 36.9 Å². The Kier molecular flexibility index (Phi) is 4.55. The van der Waals surface area contributed by atoms with Crippen LogP contribution in [0, 0.1) is 6.92 Å². The van der Waals surface area contributed by atoms with Crippen molar-refractivity contribution in [3.63, 3.8) is 0 Å². The standard InChI is InChI=1S/C21H23BrN2O/c1-14-2-4-15(5-3-14)12-21(25)23-19-13-16(22)6-11-20(19)24(17-7-8-17)18-9-10-18/h2-6,11,13,17-18H,7-10,12H2,1H3,(H,23,25). The minimum atomic E-state index is 0.0368. The van der Waals surface area contributed by atoms with Gasteiger partial charge < -0.3 is 10.2 Å². The summed E-state index contributed by atoms with van der Waals surface area (Å²) >= 11 is 3.55. The quantitative estimate of drug-likeness (QED) is 0.736. The van der Waals surface area contributed by atoms with Crippen LogP contribution >= 0.6 is 15.9 Å². The third-order valence-electron chi connectivity index (χ3n) is 4.88. The molecular formula is C21H23BrN2O. The van der Waals surface area contributed by atoms with Crippen LogP contribution in [0.5, 0.6) is 0 Å². The molecule has 2 aromatic carbocycles. The molecule has 4 heteroatoms. The van der Waals surface area contributed by atoms with Crippen molar-refractivity contribution in [2.75, 3.05) is 10.2 Å². The summed E-state index contributed by atoms with van der Waals surface area (Å²) in [5, 5.41) is 3.15. The minimum absolute atomic E-state index is 0.0368. The molecule has 2 aliphatic carbocycles. The zero-order valence-electron chi connectivity index (χ0n) is 14.5. The molecule has 0 aliphatic heterocycles. The van der Waals surface area contributed by atoms with E-state index < -0.39 is 0 Å². The lowest BCUT2D eigenvalue weighted by Crippen LogP contribution is -2.29. The van der Waals surface area contributed by atoms with Crippen LogP contribution in [0.1, 0.15) is 36.8 Å². The largest absolute Gasteiger partial charge is 0.364 e. The first-order valence-electron chi connectivity index (χ1n) is 9.03. The summed E-state index contributed by atoms with van der Waals surface area (Å²) in [5.74, 6) is 0.0368. The molecule has 130 valence electrons. The van der Waals surface area contributed by atoms with Gasteiger partial charge in [-0.3, -0.25) is 4.79 Å². The number of nitrogens with one attached hydrogen (secondary N) is 1. The molecule has 2 aliphatic rings. The Hall–Kier alpha value is -1.81. The maximum absolute atomic E-state index is 12.6. The van der Waals surface area contributed by atoms with Gasteiger partial charge in [0.25, 0.3) is 0 Å². The van der Waals surface area contributed by atoms with Crippen molar-refractivity contribution in [2.45, 2.75) is 51.1 Å². The van der Waals surface area contributed by atoms with Gasteiger partial charge in [-0.15, -0.1) is 0 Å².